The highest BCUT2D eigenvalue weighted by atomic mass is 16.5. The summed E-state index contributed by atoms with van der Waals surface area (Å²) >= 11 is 0. The maximum Gasteiger partial charge on any atom is 0.337 e. The largest absolute Gasteiger partial charge is 0.465 e. The van der Waals surface area contributed by atoms with Crippen molar-refractivity contribution >= 4 is 23.3 Å². The molecule has 1 heterocycles. The Balaban J connectivity index is 2.14. The standard InChI is InChI=1S/C17H19N3O3/c1-11(2)19-14-7-8-18-15(10-14)16(21)20-13-6-4-5-12(9-13)17(22)23-3/h4-11H,1-3H3,(H,18,19)(H,20,21). The Labute approximate surface area is 134 Å². The summed E-state index contributed by atoms with van der Waals surface area (Å²) in [6, 6.07) is 10.3. The van der Waals surface area contributed by atoms with Crippen molar-refractivity contribution in [3.05, 3.63) is 53.9 Å². The molecule has 6 nitrogen and oxygen atoms in total. The summed E-state index contributed by atoms with van der Waals surface area (Å²) in [7, 11) is 1.31. The Morgan fingerprint density at radius 1 is 1.13 bits per heavy atom. The average Bonchev–Trinajstić information content (AvgIpc) is 2.54. The smallest absolute Gasteiger partial charge is 0.337 e. The number of benzene rings is 1. The van der Waals surface area contributed by atoms with Gasteiger partial charge in [0.1, 0.15) is 5.69 Å². The van der Waals surface area contributed by atoms with Crippen LogP contribution in [0.5, 0.6) is 0 Å². The molecular formula is C17H19N3O3. The van der Waals surface area contributed by atoms with Crippen LogP contribution in [0.2, 0.25) is 0 Å². The van der Waals surface area contributed by atoms with E-state index in [2.05, 4.69) is 20.4 Å². The molecule has 0 radical (unpaired) electrons. The van der Waals surface area contributed by atoms with E-state index in [9.17, 15) is 9.59 Å². The van der Waals surface area contributed by atoms with E-state index in [1.807, 2.05) is 13.8 Å². The maximum absolute atomic E-state index is 12.3. The number of nitrogens with one attached hydrogen (secondary N) is 2. The second-order valence-corrected chi connectivity index (χ2v) is 5.26. The van der Waals surface area contributed by atoms with Crippen LogP contribution < -0.4 is 10.6 Å². The second-order valence-electron chi connectivity index (χ2n) is 5.26. The fraction of sp³-hybridized carbons (Fsp3) is 0.235. The number of rotatable bonds is 5. The molecule has 0 aliphatic rings. The van der Waals surface area contributed by atoms with Crippen molar-refractivity contribution in [2.24, 2.45) is 0 Å². The second kappa shape index (κ2) is 7.40. The molecule has 1 aromatic carbocycles. The third kappa shape index (κ3) is 4.54. The Hall–Kier alpha value is -2.89. The van der Waals surface area contributed by atoms with Gasteiger partial charge < -0.3 is 15.4 Å². The minimum Gasteiger partial charge on any atom is -0.465 e. The first-order valence-corrected chi connectivity index (χ1v) is 7.22. The van der Waals surface area contributed by atoms with E-state index >= 15 is 0 Å². The van der Waals surface area contributed by atoms with Gasteiger partial charge in [0.15, 0.2) is 0 Å². The van der Waals surface area contributed by atoms with Crippen LogP contribution in [-0.2, 0) is 4.74 Å². The van der Waals surface area contributed by atoms with Gasteiger partial charge in [-0.3, -0.25) is 9.78 Å². The number of ether oxygens (including phenoxy) is 1. The molecule has 0 fully saturated rings. The molecule has 1 amide bonds. The first kappa shape index (κ1) is 16.5. The van der Waals surface area contributed by atoms with Crippen molar-refractivity contribution in [3.8, 4) is 0 Å². The van der Waals surface area contributed by atoms with Crippen molar-refractivity contribution in [3.63, 3.8) is 0 Å². The van der Waals surface area contributed by atoms with Gasteiger partial charge in [-0.1, -0.05) is 6.07 Å². The summed E-state index contributed by atoms with van der Waals surface area (Å²) < 4.78 is 4.66. The van der Waals surface area contributed by atoms with Gasteiger partial charge in [-0.05, 0) is 44.2 Å². The van der Waals surface area contributed by atoms with Crippen LogP contribution in [0.25, 0.3) is 0 Å². The third-order valence-corrected chi connectivity index (χ3v) is 2.99. The van der Waals surface area contributed by atoms with Gasteiger partial charge in [-0.25, -0.2) is 4.79 Å². The van der Waals surface area contributed by atoms with Gasteiger partial charge in [0.05, 0.1) is 12.7 Å². The van der Waals surface area contributed by atoms with Crippen LogP contribution in [0.3, 0.4) is 0 Å². The van der Waals surface area contributed by atoms with E-state index in [0.717, 1.165) is 5.69 Å². The summed E-state index contributed by atoms with van der Waals surface area (Å²) in [6.07, 6.45) is 1.57. The number of pyridine rings is 1. The highest BCUT2D eigenvalue weighted by molar-refractivity contribution is 6.04. The molecular weight excluding hydrogens is 294 g/mol. The molecule has 120 valence electrons. The summed E-state index contributed by atoms with van der Waals surface area (Å²) in [5.41, 5.74) is 1.98. The van der Waals surface area contributed by atoms with Gasteiger partial charge in [0.2, 0.25) is 0 Å². The quantitative estimate of drug-likeness (QED) is 0.830. The molecule has 0 saturated heterocycles. The van der Waals surface area contributed by atoms with Crippen LogP contribution in [0, 0.1) is 0 Å². The number of carbonyl (C=O) groups is 2. The Morgan fingerprint density at radius 2 is 1.91 bits per heavy atom. The molecule has 0 spiro atoms. The Bertz CT molecular complexity index is 714. The normalized spacial score (nSPS) is 10.3. The zero-order valence-electron chi connectivity index (χ0n) is 13.3. The number of carbonyl (C=O) groups excluding carboxylic acids is 2. The minimum atomic E-state index is -0.456. The molecule has 23 heavy (non-hydrogen) atoms. The molecule has 0 saturated carbocycles. The van der Waals surface area contributed by atoms with E-state index in [4.69, 9.17) is 0 Å². The number of hydrogen-bond donors (Lipinski definition) is 2. The lowest BCUT2D eigenvalue weighted by Gasteiger charge is -2.11. The van der Waals surface area contributed by atoms with E-state index in [0.29, 0.717) is 16.9 Å². The molecule has 1 aromatic heterocycles. The van der Waals surface area contributed by atoms with Crippen LogP contribution in [-0.4, -0.2) is 30.0 Å². The van der Waals surface area contributed by atoms with Crippen molar-refractivity contribution < 1.29 is 14.3 Å². The van der Waals surface area contributed by atoms with Crippen LogP contribution in [0.1, 0.15) is 34.7 Å². The third-order valence-electron chi connectivity index (χ3n) is 2.99. The van der Waals surface area contributed by atoms with Crippen molar-refractivity contribution in [2.75, 3.05) is 17.7 Å². The van der Waals surface area contributed by atoms with Crippen molar-refractivity contribution in [1.82, 2.24) is 4.98 Å². The topological polar surface area (TPSA) is 80.3 Å². The van der Waals surface area contributed by atoms with E-state index in [1.165, 1.54) is 7.11 Å². The van der Waals surface area contributed by atoms with Crippen molar-refractivity contribution in [2.45, 2.75) is 19.9 Å². The lowest BCUT2D eigenvalue weighted by molar-refractivity contribution is 0.0600. The van der Waals surface area contributed by atoms with Gasteiger partial charge >= 0.3 is 5.97 Å². The summed E-state index contributed by atoms with van der Waals surface area (Å²) in [6.45, 7) is 4.02. The lowest BCUT2D eigenvalue weighted by Crippen LogP contribution is -2.15. The number of nitrogens with zero attached hydrogens (tertiary/aromatic N) is 1. The fourth-order valence-electron chi connectivity index (χ4n) is 2.01. The average molecular weight is 313 g/mol. The molecule has 0 atom stereocenters. The highest BCUT2D eigenvalue weighted by Gasteiger charge is 2.11. The van der Waals surface area contributed by atoms with Crippen LogP contribution in [0.15, 0.2) is 42.6 Å². The molecule has 6 heteroatoms. The minimum absolute atomic E-state index is 0.255. The molecule has 2 rings (SSSR count). The Kier molecular flexibility index (Phi) is 5.30. The zero-order valence-corrected chi connectivity index (χ0v) is 13.3. The molecule has 0 aliphatic heterocycles. The number of amides is 1. The SMILES string of the molecule is COC(=O)c1cccc(NC(=O)c2cc(NC(C)C)ccn2)c1. The molecule has 0 unspecified atom stereocenters. The molecule has 2 aromatic rings. The van der Waals surface area contributed by atoms with Gasteiger partial charge in [0, 0.05) is 23.6 Å². The lowest BCUT2D eigenvalue weighted by atomic mass is 10.2. The van der Waals surface area contributed by atoms with E-state index < -0.39 is 5.97 Å². The molecule has 0 aliphatic carbocycles. The maximum atomic E-state index is 12.3. The number of esters is 1. The van der Waals surface area contributed by atoms with E-state index in [1.54, 1.807) is 42.6 Å². The number of anilines is 2. The number of hydrogen-bond acceptors (Lipinski definition) is 5. The van der Waals surface area contributed by atoms with Gasteiger partial charge in [-0.2, -0.15) is 0 Å². The Morgan fingerprint density at radius 3 is 2.61 bits per heavy atom. The molecule has 2 N–H and O–H groups in total. The van der Waals surface area contributed by atoms with Crippen molar-refractivity contribution in [1.29, 1.82) is 0 Å². The van der Waals surface area contributed by atoms with Crippen LogP contribution >= 0.6 is 0 Å². The molecule has 0 bridgehead atoms. The predicted octanol–water partition coefficient (Wildman–Crippen LogP) is 2.94. The zero-order chi connectivity index (χ0) is 16.8. The summed E-state index contributed by atoms with van der Waals surface area (Å²) in [5.74, 6) is -0.804. The van der Waals surface area contributed by atoms with Crippen LogP contribution in [0.4, 0.5) is 11.4 Å². The fourth-order valence-corrected chi connectivity index (χ4v) is 2.01. The summed E-state index contributed by atoms with van der Waals surface area (Å²) in [5, 5.41) is 5.94. The summed E-state index contributed by atoms with van der Waals surface area (Å²) in [4.78, 5) is 27.9. The van der Waals surface area contributed by atoms with Gasteiger partial charge in [0.25, 0.3) is 5.91 Å². The highest BCUT2D eigenvalue weighted by Crippen LogP contribution is 2.14. The first-order valence-electron chi connectivity index (χ1n) is 7.22. The predicted molar refractivity (Wildman–Crippen MR) is 88.7 cm³/mol. The number of aromatic nitrogens is 1. The van der Waals surface area contributed by atoms with Gasteiger partial charge in [-0.15, -0.1) is 0 Å². The monoisotopic (exact) mass is 313 g/mol. The number of methoxy groups -OCH3 is 1. The first-order chi connectivity index (χ1) is 11.0. The van der Waals surface area contributed by atoms with E-state index in [-0.39, 0.29) is 11.9 Å².